The monoisotopic (exact) mass is 340 g/mol. The van der Waals surface area contributed by atoms with Crippen molar-refractivity contribution in [3.05, 3.63) is 97.0 Å². The van der Waals surface area contributed by atoms with E-state index in [9.17, 15) is 4.79 Å². The molecule has 0 aliphatic heterocycles. The molecule has 4 rings (SSSR count). The third-order valence-corrected chi connectivity index (χ3v) is 3.95. The van der Waals surface area contributed by atoms with Crippen LogP contribution in [0.3, 0.4) is 0 Å². The number of para-hydroxylation sites is 1. The molecule has 0 radical (unpaired) electrons. The lowest BCUT2D eigenvalue weighted by Crippen LogP contribution is -2.12. The van der Waals surface area contributed by atoms with Crippen LogP contribution in [0.4, 0.5) is 5.69 Å². The first-order chi connectivity index (χ1) is 12.8. The smallest absolute Gasteiger partial charge is 0.259 e. The van der Waals surface area contributed by atoms with Crippen molar-refractivity contribution in [1.82, 2.24) is 14.8 Å². The number of nitrogens with one attached hydrogen (secondary N) is 1. The first-order valence-corrected chi connectivity index (χ1v) is 8.23. The lowest BCUT2D eigenvalue weighted by Gasteiger charge is -2.04. The number of rotatable bonds is 4. The lowest BCUT2D eigenvalue weighted by atomic mass is 10.1. The van der Waals surface area contributed by atoms with Gasteiger partial charge in [0.15, 0.2) is 0 Å². The minimum absolute atomic E-state index is 0.223. The van der Waals surface area contributed by atoms with Gasteiger partial charge in [-0.2, -0.15) is 5.10 Å². The van der Waals surface area contributed by atoms with E-state index < -0.39 is 0 Å². The van der Waals surface area contributed by atoms with Crippen LogP contribution in [0.1, 0.15) is 10.4 Å². The molecule has 2 aromatic heterocycles. The van der Waals surface area contributed by atoms with Gasteiger partial charge in [0.2, 0.25) is 0 Å². The number of anilines is 1. The number of aromatic nitrogens is 3. The molecule has 5 heteroatoms. The molecular weight excluding hydrogens is 324 g/mol. The Hall–Kier alpha value is -3.73. The van der Waals surface area contributed by atoms with Crippen LogP contribution in [0.15, 0.2) is 91.4 Å². The molecule has 0 bridgehead atoms. The van der Waals surface area contributed by atoms with E-state index in [-0.39, 0.29) is 5.91 Å². The molecule has 126 valence electrons. The molecule has 2 heterocycles. The Kier molecular flexibility index (Phi) is 4.26. The van der Waals surface area contributed by atoms with Gasteiger partial charge in [-0.15, -0.1) is 0 Å². The fourth-order valence-corrected chi connectivity index (χ4v) is 2.70. The van der Waals surface area contributed by atoms with Crippen LogP contribution in [0.25, 0.3) is 16.9 Å². The number of hydrogen-bond donors (Lipinski definition) is 1. The van der Waals surface area contributed by atoms with Gasteiger partial charge < -0.3 is 5.32 Å². The van der Waals surface area contributed by atoms with Crippen molar-refractivity contribution < 1.29 is 4.79 Å². The maximum atomic E-state index is 12.9. The zero-order valence-electron chi connectivity index (χ0n) is 13.9. The zero-order valence-corrected chi connectivity index (χ0v) is 13.9. The summed E-state index contributed by atoms with van der Waals surface area (Å²) in [7, 11) is 0. The van der Waals surface area contributed by atoms with E-state index in [0.29, 0.717) is 16.9 Å². The Labute approximate surface area is 151 Å². The third-order valence-electron chi connectivity index (χ3n) is 3.95. The van der Waals surface area contributed by atoms with Gasteiger partial charge in [-0.05, 0) is 24.3 Å². The van der Waals surface area contributed by atoms with Gasteiger partial charge in [0.1, 0.15) is 5.69 Å². The predicted octanol–water partition coefficient (Wildman–Crippen LogP) is 4.19. The van der Waals surface area contributed by atoms with Crippen LogP contribution in [-0.2, 0) is 0 Å². The summed E-state index contributed by atoms with van der Waals surface area (Å²) in [5.41, 5.74) is 3.56. The largest absolute Gasteiger partial charge is 0.320 e. The lowest BCUT2D eigenvalue weighted by molar-refractivity contribution is 0.102. The van der Waals surface area contributed by atoms with E-state index in [4.69, 9.17) is 0 Å². The van der Waals surface area contributed by atoms with Crippen LogP contribution >= 0.6 is 0 Å². The molecule has 0 fully saturated rings. The Morgan fingerprint density at radius 3 is 2.31 bits per heavy atom. The van der Waals surface area contributed by atoms with E-state index in [1.54, 1.807) is 35.4 Å². The molecule has 4 aromatic rings. The minimum Gasteiger partial charge on any atom is -0.320 e. The first kappa shape index (κ1) is 15.8. The molecule has 1 N–H and O–H groups in total. The molecule has 0 saturated heterocycles. The van der Waals surface area contributed by atoms with Crippen molar-refractivity contribution in [2.24, 2.45) is 0 Å². The molecule has 26 heavy (non-hydrogen) atoms. The average Bonchev–Trinajstić information content (AvgIpc) is 3.16. The molecule has 5 nitrogen and oxygen atoms in total. The van der Waals surface area contributed by atoms with E-state index in [1.165, 1.54) is 0 Å². The number of amides is 1. The summed E-state index contributed by atoms with van der Waals surface area (Å²) in [4.78, 5) is 16.9. The minimum atomic E-state index is -0.223. The Bertz CT molecular complexity index is 1010. The van der Waals surface area contributed by atoms with Crippen molar-refractivity contribution in [1.29, 1.82) is 0 Å². The van der Waals surface area contributed by atoms with Crippen LogP contribution in [-0.4, -0.2) is 20.7 Å². The van der Waals surface area contributed by atoms with E-state index in [1.807, 2.05) is 60.7 Å². The Morgan fingerprint density at radius 2 is 1.62 bits per heavy atom. The van der Waals surface area contributed by atoms with Crippen LogP contribution in [0.2, 0.25) is 0 Å². The van der Waals surface area contributed by atoms with Gasteiger partial charge in [0.05, 0.1) is 23.1 Å². The van der Waals surface area contributed by atoms with E-state index >= 15 is 0 Å². The summed E-state index contributed by atoms with van der Waals surface area (Å²) < 4.78 is 1.72. The molecule has 2 aromatic carbocycles. The highest BCUT2D eigenvalue weighted by Gasteiger charge is 2.18. The molecule has 0 unspecified atom stereocenters. The van der Waals surface area contributed by atoms with E-state index in [0.717, 1.165) is 11.3 Å². The summed E-state index contributed by atoms with van der Waals surface area (Å²) >= 11 is 0. The summed E-state index contributed by atoms with van der Waals surface area (Å²) in [5, 5.41) is 7.53. The van der Waals surface area contributed by atoms with Crippen LogP contribution in [0.5, 0.6) is 0 Å². The number of carbonyl (C=O) groups excluding carboxylic acids is 1. The fourth-order valence-electron chi connectivity index (χ4n) is 2.70. The molecule has 0 aliphatic carbocycles. The zero-order chi connectivity index (χ0) is 17.8. The molecule has 0 spiro atoms. The van der Waals surface area contributed by atoms with Crippen molar-refractivity contribution in [2.45, 2.75) is 0 Å². The van der Waals surface area contributed by atoms with Gasteiger partial charge in [-0.3, -0.25) is 9.78 Å². The number of carbonyl (C=O) groups is 1. The normalized spacial score (nSPS) is 10.5. The first-order valence-electron chi connectivity index (χ1n) is 8.23. The summed E-state index contributed by atoms with van der Waals surface area (Å²) in [6, 6.07) is 23.0. The number of nitrogens with zero attached hydrogens (tertiary/aromatic N) is 3. The quantitative estimate of drug-likeness (QED) is 0.606. The van der Waals surface area contributed by atoms with Gasteiger partial charge in [0, 0.05) is 18.0 Å². The van der Waals surface area contributed by atoms with Crippen LogP contribution < -0.4 is 5.32 Å². The van der Waals surface area contributed by atoms with E-state index in [2.05, 4.69) is 15.4 Å². The molecular formula is C21H16N4O. The third kappa shape index (κ3) is 3.23. The molecule has 0 atom stereocenters. The maximum absolute atomic E-state index is 12.9. The average molecular weight is 340 g/mol. The summed E-state index contributed by atoms with van der Waals surface area (Å²) in [6.07, 6.45) is 5.03. The molecule has 0 saturated carbocycles. The van der Waals surface area contributed by atoms with Gasteiger partial charge in [-0.1, -0.05) is 48.5 Å². The Morgan fingerprint density at radius 1 is 0.885 bits per heavy atom. The van der Waals surface area contributed by atoms with Crippen LogP contribution in [0, 0.1) is 0 Å². The topological polar surface area (TPSA) is 59.8 Å². The van der Waals surface area contributed by atoms with Crippen molar-refractivity contribution in [3.63, 3.8) is 0 Å². The van der Waals surface area contributed by atoms with Gasteiger partial charge in [0.25, 0.3) is 5.91 Å². The highest BCUT2D eigenvalue weighted by molar-refractivity contribution is 6.08. The predicted molar refractivity (Wildman–Crippen MR) is 101 cm³/mol. The highest BCUT2D eigenvalue weighted by atomic mass is 16.1. The van der Waals surface area contributed by atoms with Crippen molar-refractivity contribution >= 4 is 11.6 Å². The SMILES string of the molecule is O=C(Nc1cccnc1)c1cn(-c2ccccc2)nc1-c1ccccc1. The highest BCUT2D eigenvalue weighted by Crippen LogP contribution is 2.24. The second-order valence-electron chi connectivity index (χ2n) is 5.73. The van der Waals surface area contributed by atoms with Gasteiger partial charge >= 0.3 is 0 Å². The number of pyridine rings is 1. The standard InChI is InChI=1S/C21H16N4O/c26-21(23-17-10-7-13-22-14-17)19-15-25(18-11-5-2-6-12-18)24-20(19)16-8-3-1-4-9-16/h1-15H,(H,23,26). The van der Waals surface area contributed by atoms with Gasteiger partial charge in [-0.25, -0.2) is 4.68 Å². The second kappa shape index (κ2) is 7.03. The number of benzene rings is 2. The molecule has 0 aliphatic rings. The summed E-state index contributed by atoms with van der Waals surface area (Å²) in [6.45, 7) is 0. The number of hydrogen-bond acceptors (Lipinski definition) is 3. The fraction of sp³-hybridized carbons (Fsp3) is 0. The van der Waals surface area contributed by atoms with Crippen molar-refractivity contribution in [2.75, 3.05) is 5.32 Å². The second-order valence-corrected chi connectivity index (χ2v) is 5.73. The van der Waals surface area contributed by atoms with Crippen molar-refractivity contribution in [3.8, 4) is 16.9 Å². The Balaban J connectivity index is 1.77. The molecule has 1 amide bonds. The maximum Gasteiger partial charge on any atom is 0.259 e. The summed E-state index contributed by atoms with van der Waals surface area (Å²) in [5.74, 6) is -0.223.